The summed E-state index contributed by atoms with van der Waals surface area (Å²) in [5.41, 5.74) is 1.70. The summed E-state index contributed by atoms with van der Waals surface area (Å²) in [7, 11) is 3.21. The maximum absolute atomic E-state index is 14.0. The molecule has 1 aliphatic rings. The predicted octanol–water partition coefficient (Wildman–Crippen LogP) is 2.71. The lowest BCUT2D eigenvalue weighted by Gasteiger charge is -2.38. The Labute approximate surface area is 177 Å². The normalized spacial score (nSPS) is 15.5. The van der Waals surface area contributed by atoms with E-state index in [1.807, 2.05) is 36.1 Å². The molecule has 0 aromatic heterocycles. The van der Waals surface area contributed by atoms with Crippen LogP contribution >= 0.6 is 0 Å². The minimum atomic E-state index is -0.224. The quantitative estimate of drug-likeness (QED) is 0.719. The second-order valence-corrected chi connectivity index (χ2v) is 7.38. The van der Waals surface area contributed by atoms with Crippen LogP contribution in [0.25, 0.3) is 0 Å². The van der Waals surface area contributed by atoms with E-state index in [1.165, 1.54) is 6.07 Å². The van der Waals surface area contributed by atoms with E-state index < -0.39 is 0 Å². The van der Waals surface area contributed by atoms with Gasteiger partial charge in [-0.25, -0.2) is 4.39 Å². The number of amides is 1. The molecule has 1 amide bonds. The van der Waals surface area contributed by atoms with Gasteiger partial charge in [0, 0.05) is 32.7 Å². The zero-order chi connectivity index (χ0) is 21.5. The van der Waals surface area contributed by atoms with Crippen LogP contribution in [-0.2, 0) is 11.2 Å². The first kappa shape index (κ1) is 21.9. The van der Waals surface area contributed by atoms with Crippen molar-refractivity contribution in [1.82, 2.24) is 10.2 Å². The summed E-state index contributed by atoms with van der Waals surface area (Å²) < 4.78 is 24.6. The van der Waals surface area contributed by atoms with Crippen LogP contribution in [0.3, 0.4) is 0 Å². The van der Waals surface area contributed by atoms with Gasteiger partial charge in [-0.05, 0) is 43.2 Å². The van der Waals surface area contributed by atoms with Crippen molar-refractivity contribution in [2.45, 2.75) is 19.4 Å². The Morgan fingerprint density at radius 1 is 1.07 bits per heavy atom. The zero-order valence-corrected chi connectivity index (χ0v) is 17.9. The number of carbonyl (C=O) groups is 1. The van der Waals surface area contributed by atoms with Gasteiger partial charge in [0.15, 0.2) is 11.5 Å². The summed E-state index contributed by atoms with van der Waals surface area (Å²) >= 11 is 0. The van der Waals surface area contributed by atoms with E-state index in [1.54, 1.807) is 26.4 Å². The van der Waals surface area contributed by atoms with E-state index in [2.05, 4.69) is 10.2 Å². The van der Waals surface area contributed by atoms with Crippen molar-refractivity contribution < 1.29 is 18.7 Å². The van der Waals surface area contributed by atoms with Crippen molar-refractivity contribution in [1.29, 1.82) is 0 Å². The average Bonchev–Trinajstić information content (AvgIpc) is 2.78. The number of nitrogens with one attached hydrogen (secondary N) is 1. The fraction of sp³-hybridized carbons (Fsp3) is 0.435. The van der Waals surface area contributed by atoms with E-state index in [4.69, 9.17) is 9.47 Å². The third-order valence-electron chi connectivity index (χ3n) is 5.60. The van der Waals surface area contributed by atoms with E-state index >= 15 is 0 Å². The average molecular weight is 416 g/mol. The van der Waals surface area contributed by atoms with Crippen molar-refractivity contribution in [3.05, 3.63) is 53.8 Å². The van der Waals surface area contributed by atoms with Crippen LogP contribution in [0.1, 0.15) is 12.5 Å². The molecule has 0 radical (unpaired) electrons. The van der Waals surface area contributed by atoms with Crippen molar-refractivity contribution in [3.63, 3.8) is 0 Å². The molecule has 1 saturated heterocycles. The third kappa shape index (κ3) is 5.21. The van der Waals surface area contributed by atoms with Crippen LogP contribution in [0.2, 0.25) is 0 Å². The number of piperazine rings is 1. The van der Waals surface area contributed by atoms with Gasteiger partial charge in [-0.1, -0.05) is 18.2 Å². The molecule has 1 atom stereocenters. The number of carbonyl (C=O) groups excluding carboxylic acids is 1. The standard InChI is InChI=1S/C23H30FN3O3/c1-17(26-12-14-27(15-13-26)20-7-5-4-6-19(20)24)23(28)25-11-10-18-8-9-21(29-2)22(16-18)30-3/h4-9,16-17H,10-15H2,1-3H3,(H,25,28). The minimum absolute atomic E-state index is 0.00909. The molecule has 30 heavy (non-hydrogen) atoms. The number of benzene rings is 2. The monoisotopic (exact) mass is 415 g/mol. The Morgan fingerprint density at radius 3 is 2.43 bits per heavy atom. The maximum Gasteiger partial charge on any atom is 0.237 e. The Kier molecular flexibility index (Phi) is 7.52. The van der Waals surface area contributed by atoms with Gasteiger partial charge >= 0.3 is 0 Å². The molecule has 1 aliphatic heterocycles. The molecule has 0 bridgehead atoms. The lowest BCUT2D eigenvalue weighted by atomic mass is 10.1. The van der Waals surface area contributed by atoms with Crippen molar-refractivity contribution >= 4 is 11.6 Å². The fourth-order valence-electron chi connectivity index (χ4n) is 3.74. The van der Waals surface area contributed by atoms with Crippen LogP contribution in [0.15, 0.2) is 42.5 Å². The van der Waals surface area contributed by atoms with Gasteiger partial charge in [0.25, 0.3) is 0 Å². The number of hydrogen-bond donors (Lipinski definition) is 1. The molecule has 1 heterocycles. The maximum atomic E-state index is 14.0. The van der Waals surface area contributed by atoms with E-state index in [0.29, 0.717) is 43.2 Å². The number of methoxy groups -OCH3 is 2. The molecule has 1 fully saturated rings. The SMILES string of the molecule is COc1ccc(CCNC(=O)C(C)N2CCN(c3ccccc3F)CC2)cc1OC. The van der Waals surface area contributed by atoms with Crippen LogP contribution < -0.4 is 19.7 Å². The van der Waals surface area contributed by atoms with Crippen molar-refractivity contribution in [3.8, 4) is 11.5 Å². The lowest BCUT2D eigenvalue weighted by molar-refractivity contribution is -0.125. The first-order valence-electron chi connectivity index (χ1n) is 10.3. The van der Waals surface area contributed by atoms with Gasteiger partial charge < -0.3 is 19.7 Å². The van der Waals surface area contributed by atoms with Gasteiger partial charge in [-0.15, -0.1) is 0 Å². The topological polar surface area (TPSA) is 54.0 Å². The number of halogens is 1. The van der Waals surface area contributed by atoms with E-state index in [0.717, 1.165) is 18.7 Å². The molecule has 2 aromatic carbocycles. The number of ether oxygens (including phenoxy) is 2. The molecule has 1 unspecified atom stereocenters. The van der Waals surface area contributed by atoms with Crippen molar-refractivity contribution in [2.75, 3.05) is 51.8 Å². The van der Waals surface area contributed by atoms with Crippen LogP contribution in [0.5, 0.6) is 11.5 Å². The lowest BCUT2D eigenvalue weighted by Crippen LogP contribution is -2.54. The summed E-state index contributed by atoms with van der Waals surface area (Å²) in [4.78, 5) is 16.8. The number of para-hydroxylation sites is 1. The minimum Gasteiger partial charge on any atom is -0.493 e. The Hall–Kier alpha value is -2.80. The molecule has 0 aliphatic carbocycles. The second kappa shape index (κ2) is 10.3. The van der Waals surface area contributed by atoms with Crippen LogP contribution in [0, 0.1) is 5.82 Å². The number of nitrogens with zero attached hydrogens (tertiary/aromatic N) is 2. The molecule has 6 nitrogen and oxygen atoms in total. The van der Waals surface area contributed by atoms with Gasteiger partial charge in [0.1, 0.15) is 5.82 Å². The molecule has 7 heteroatoms. The Morgan fingerprint density at radius 2 is 1.77 bits per heavy atom. The summed E-state index contributed by atoms with van der Waals surface area (Å²) in [5, 5.41) is 3.02. The summed E-state index contributed by atoms with van der Waals surface area (Å²) in [6, 6.07) is 12.4. The highest BCUT2D eigenvalue weighted by atomic mass is 19.1. The molecule has 162 valence electrons. The smallest absolute Gasteiger partial charge is 0.237 e. The first-order valence-corrected chi connectivity index (χ1v) is 10.3. The van der Waals surface area contributed by atoms with Crippen molar-refractivity contribution in [2.24, 2.45) is 0 Å². The first-order chi connectivity index (χ1) is 14.5. The second-order valence-electron chi connectivity index (χ2n) is 7.38. The van der Waals surface area contributed by atoms with Gasteiger partial charge in [0.05, 0.1) is 25.9 Å². The van der Waals surface area contributed by atoms with Gasteiger partial charge in [-0.2, -0.15) is 0 Å². The molecular formula is C23H30FN3O3. The highest BCUT2D eigenvalue weighted by Crippen LogP contribution is 2.27. The number of rotatable bonds is 8. The molecule has 0 spiro atoms. The van der Waals surface area contributed by atoms with Crippen LogP contribution in [0.4, 0.5) is 10.1 Å². The Bertz CT molecular complexity index is 853. The fourth-order valence-corrected chi connectivity index (χ4v) is 3.74. The van der Waals surface area contributed by atoms with E-state index in [9.17, 15) is 9.18 Å². The summed E-state index contributed by atoms with van der Waals surface area (Å²) in [5.74, 6) is 1.18. The molecule has 3 rings (SSSR count). The van der Waals surface area contributed by atoms with E-state index in [-0.39, 0.29) is 17.8 Å². The molecule has 2 aromatic rings. The molecule has 1 N–H and O–H groups in total. The zero-order valence-electron chi connectivity index (χ0n) is 17.9. The Balaban J connectivity index is 1.46. The predicted molar refractivity (Wildman–Crippen MR) is 116 cm³/mol. The molecular weight excluding hydrogens is 385 g/mol. The largest absolute Gasteiger partial charge is 0.493 e. The number of hydrogen-bond acceptors (Lipinski definition) is 5. The highest BCUT2D eigenvalue weighted by Gasteiger charge is 2.26. The highest BCUT2D eigenvalue weighted by molar-refractivity contribution is 5.81. The summed E-state index contributed by atoms with van der Waals surface area (Å²) in [6.07, 6.45) is 0.708. The number of anilines is 1. The molecule has 0 saturated carbocycles. The third-order valence-corrected chi connectivity index (χ3v) is 5.60. The van der Waals surface area contributed by atoms with Gasteiger partial charge in [0.2, 0.25) is 5.91 Å². The van der Waals surface area contributed by atoms with Gasteiger partial charge in [-0.3, -0.25) is 9.69 Å². The summed E-state index contributed by atoms with van der Waals surface area (Å²) in [6.45, 7) is 5.31. The van der Waals surface area contributed by atoms with Crippen LogP contribution in [-0.4, -0.2) is 63.8 Å².